The zero-order chi connectivity index (χ0) is 24.4. The SMILES string of the molecule is O=C(O)C[C@@H]1CCCCN1C(=O)CC1(NC(=O)OCC2c3ccccc3-c3ccccc32)CCC1. The Hall–Kier alpha value is -3.35. The number of amides is 2. The molecule has 1 aliphatic heterocycles. The van der Waals surface area contributed by atoms with Crippen molar-refractivity contribution < 1.29 is 24.2 Å². The number of piperidine rings is 1. The number of nitrogens with zero attached hydrogens (tertiary/aromatic N) is 1. The van der Waals surface area contributed by atoms with Gasteiger partial charge in [0.05, 0.1) is 18.4 Å². The highest BCUT2D eigenvalue weighted by Gasteiger charge is 2.43. The lowest BCUT2D eigenvalue weighted by Crippen LogP contribution is -2.57. The number of carboxylic acids is 1. The summed E-state index contributed by atoms with van der Waals surface area (Å²) in [5.74, 6) is -0.975. The first-order chi connectivity index (χ1) is 17.0. The summed E-state index contributed by atoms with van der Waals surface area (Å²) in [6, 6.07) is 16.1. The standard InChI is InChI=1S/C28H32N2O5/c31-25(30-15-6-5-8-19(30)16-26(32)33)17-28(13-7-14-28)29-27(34)35-18-24-22-11-3-1-9-20(22)21-10-2-4-12-23(21)24/h1-4,9-12,19,24H,5-8,13-18H2,(H,29,34)(H,32,33)/t19-/m0/s1. The molecule has 184 valence electrons. The van der Waals surface area contributed by atoms with Gasteiger partial charge < -0.3 is 20.1 Å². The Bertz CT molecular complexity index is 1080. The molecule has 2 N–H and O–H groups in total. The Morgan fingerprint density at radius 1 is 0.971 bits per heavy atom. The maximum absolute atomic E-state index is 13.2. The third-order valence-corrected chi connectivity index (χ3v) is 7.87. The van der Waals surface area contributed by atoms with E-state index in [0.717, 1.165) is 43.2 Å². The number of hydrogen-bond donors (Lipinski definition) is 2. The van der Waals surface area contributed by atoms with Gasteiger partial charge in [-0.15, -0.1) is 0 Å². The van der Waals surface area contributed by atoms with Crippen LogP contribution in [0.4, 0.5) is 4.79 Å². The minimum Gasteiger partial charge on any atom is -0.481 e. The smallest absolute Gasteiger partial charge is 0.407 e. The average Bonchev–Trinajstić information content (AvgIpc) is 3.15. The van der Waals surface area contributed by atoms with Crippen LogP contribution in [0, 0.1) is 0 Å². The molecule has 7 heteroatoms. The fourth-order valence-electron chi connectivity index (χ4n) is 5.93. The Morgan fingerprint density at radius 2 is 1.63 bits per heavy atom. The number of aliphatic carboxylic acids is 1. The monoisotopic (exact) mass is 476 g/mol. The van der Waals surface area contributed by atoms with Crippen LogP contribution in [0.3, 0.4) is 0 Å². The van der Waals surface area contributed by atoms with Gasteiger partial charge in [0.2, 0.25) is 5.91 Å². The zero-order valence-electron chi connectivity index (χ0n) is 19.9. The van der Waals surface area contributed by atoms with Crippen LogP contribution in [0.15, 0.2) is 48.5 Å². The normalized spacial score (nSPS) is 20.3. The molecule has 2 aliphatic carbocycles. The first kappa shape index (κ1) is 23.4. The van der Waals surface area contributed by atoms with Crippen molar-refractivity contribution in [3.63, 3.8) is 0 Å². The van der Waals surface area contributed by atoms with Crippen molar-refractivity contribution in [1.29, 1.82) is 0 Å². The van der Waals surface area contributed by atoms with E-state index < -0.39 is 17.6 Å². The van der Waals surface area contributed by atoms with Gasteiger partial charge in [-0.1, -0.05) is 48.5 Å². The molecule has 2 aromatic rings. The van der Waals surface area contributed by atoms with E-state index in [0.29, 0.717) is 13.0 Å². The second-order valence-electron chi connectivity index (χ2n) is 10.1. The van der Waals surface area contributed by atoms with Crippen molar-refractivity contribution >= 4 is 18.0 Å². The first-order valence-electron chi connectivity index (χ1n) is 12.6. The number of benzene rings is 2. The number of fused-ring (bicyclic) bond motifs is 3. The van der Waals surface area contributed by atoms with Gasteiger partial charge in [-0.05, 0) is 60.8 Å². The fourth-order valence-corrected chi connectivity index (χ4v) is 5.93. The second kappa shape index (κ2) is 9.72. The van der Waals surface area contributed by atoms with Crippen LogP contribution < -0.4 is 5.32 Å². The summed E-state index contributed by atoms with van der Waals surface area (Å²) in [5, 5.41) is 12.2. The van der Waals surface area contributed by atoms with E-state index in [4.69, 9.17) is 4.74 Å². The van der Waals surface area contributed by atoms with Crippen molar-refractivity contribution in [2.24, 2.45) is 0 Å². The van der Waals surface area contributed by atoms with Gasteiger partial charge in [0.15, 0.2) is 0 Å². The number of rotatable bonds is 7. The maximum Gasteiger partial charge on any atom is 0.407 e. The van der Waals surface area contributed by atoms with Crippen LogP contribution in [0.1, 0.15) is 68.4 Å². The molecule has 2 fully saturated rings. The summed E-state index contributed by atoms with van der Waals surface area (Å²) in [5.41, 5.74) is 4.06. The third-order valence-electron chi connectivity index (χ3n) is 7.87. The highest BCUT2D eigenvalue weighted by atomic mass is 16.5. The van der Waals surface area contributed by atoms with Crippen LogP contribution in [-0.2, 0) is 14.3 Å². The molecule has 0 spiro atoms. The highest BCUT2D eigenvalue weighted by Crippen LogP contribution is 2.44. The largest absolute Gasteiger partial charge is 0.481 e. The van der Waals surface area contributed by atoms with Crippen LogP contribution in [0.25, 0.3) is 11.1 Å². The van der Waals surface area contributed by atoms with Crippen molar-refractivity contribution in [3.05, 3.63) is 59.7 Å². The molecule has 1 saturated carbocycles. The minimum absolute atomic E-state index is 0.0164. The van der Waals surface area contributed by atoms with E-state index in [2.05, 4.69) is 29.6 Å². The van der Waals surface area contributed by atoms with E-state index in [1.54, 1.807) is 4.90 Å². The molecular weight excluding hydrogens is 444 g/mol. The molecule has 0 bridgehead atoms. The summed E-state index contributed by atoms with van der Waals surface area (Å²) in [6.45, 7) is 0.814. The molecule has 1 saturated heterocycles. The average molecular weight is 477 g/mol. The number of carboxylic acid groups (broad SMARTS) is 1. The Labute approximate surface area is 205 Å². The molecule has 1 atom stereocenters. The molecule has 3 aliphatic rings. The second-order valence-corrected chi connectivity index (χ2v) is 10.1. The Kier molecular flexibility index (Phi) is 6.50. The van der Waals surface area contributed by atoms with Crippen molar-refractivity contribution in [1.82, 2.24) is 10.2 Å². The molecule has 2 aromatic carbocycles. The van der Waals surface area contributed by atoms with E-state index in [-0.39, 0.29) is 37.3 Å². The number of carbonyl (C=O) groups excluding carboxylic acids is 2. The number of likely N-dealkylation sites (tertiary alicyclic amines) is 1. The molecule has 0 aromatic heterocycles. The molecule has 35 heavy (non-hydrogen) atoms. The molecule has 0 radical (unpaired) electrons. The van der Waals surface area contributed by atoms with Crippen molar-refractivity contribution in [3.8, 4) is 11.1 Å². The number of hydrogen-bond acceptors (Lipinski definition) is 4. The molecule has 0 unspecified atom stereocenters. The van der Waals surface area contributed by atoms with Crippen molar-refractivity contribution in [2.75, 3.05) is 13.2 Å². The van der Waals surface area contributed by atoms with Crippen LogP contribution in [0.2, 0.25) is 0 Å². The van der Waals surface area contributed by atoms with Gasteiger partial charge in [-0.3, -0.25) is 9.59 Å². The van der Waals surface area contributed by atoms with Crippen LogP contribution in [-0.4, -0.2) is 52.7 Å². The predicted octanol–water partition coefficient (Wildman–Crippen LogP) is 4.69. The molecule has 5 rings (SSSR count). The quantitative estimate of drug-likeness (QED) is 0.604. The van der Waals surface area contributed by atoms with E-state index in [1.165, 1.54) is 11.1 Å². The van der Waals surface area contributed by atoms with Gasteiger partial charge in [0.25, 0.3) is 0 Å². The topological polar surface area (TPSA) is 95.9 Å². The summed E-state index contributed by atoms with van der Waals surface area (Å²) in [7, 11) is 0. The number of nitrogens with one attached hydrogen (secondary N) is 1. The molecule has 7 nitrogen and oxygen atoms in total. The lowest BCUT2D eigenvalue weighted by atomic mass is 9.74. The zero-order valence-corrected chi connectivity index (χ0v) is 19.9. The minimum atomic E-state index is -0.884. The van der Waals surface area contributed by atoms with Gasteiger partial charge in [0, 0.05) is 18.5 Å². The van der Waals surface area contributed by atoms with Crippen LogP contribution in [0.5, 0.6) is 0 Å². The summed E-state index contributed by atoms with van der Waals surface area (Å²) in [4.78, 5) is 39.0. The first-order valence-corrected chi connectivity index (χ1v) is 12.6. The summed E-state index contributed by atoms with van der Waals surface area (Å²) in [6.07, 6.45) is 4.58. The molecule has 1 heterocycles. The maximum atomic E-state index is 13.2. The highest BCUT2D eigenvalue weighted by molar-refractivity contribution is 5.81. The summed E-state index contributed by atoms with van der Waals surface area (Å²) < 4.78 is 5.72. The van der Waals surface area contributed by atoms with Gasteiger partial charge in [-0.2, -0.15) is 0 Å². The van der Waals surface area contributed by atoms with Crippen molar-refractivity contribution in [2.45, 2.75) is 68.9 Å². The number of ether oxygens (including phenoxy) is 1. The Balaban J connectivity index is 1.22. The van der Waals surface area contributed by atoms with E-state index >= 15 is 0 Å². The molecular formula is C28H32N2O5. The third kappa shape index (κ3) is 4.77. The van der Waals surface area contributed by atoms with E-state index in [9.17, 15) is 19.5 Å². The summed E-state index contributed by atoms with van der Waals surface area (Å²) >= 11 is 0. The molecule has 2 amide bonds. The van der Waals surface area contributed by atoms with Gasteiger partial charge in [0.1, 0.15) is 6.61 Å². The fraction of sp³-hybridized carbons (Fsp3) is 0.464. The lowest BCUT2D eigenvalue weighted by molar-refractivity contribution is -0.142. The number of carbonyl (C=O) groups is 3. The van der Waals surface area contributed by atoms with Gasteiger partial charge in [-0.25, -0.2) is 4.79 Å². The predicted molar refractivity (Wildman–Crippen MR) is 131 cm³/mol. The number of alkyl carbamates (subject to hydrolysis) is 1. The van der Waals surface area contributed by atoms with E-state index in [1.807, 2.05) is 24.3 Å². The lowest BCUT2D eigenvalue weighted by Gasteiger charge is -2.44. The Morgan fingerprint density at radius 3 is 2.23 bits per heavy atom. The van der Waals surface area contributed by atoms with Crippen LogP contribution >= 0.6 is 0 Å². The van der Waals surface area contributed by atoms with Gasteiger partial charge >= 0.3 is 12.1 Å².